The van der Waals surface area contributed by atoms with E-state index in [1.807, 2.05) is 0 Å². The van der Waals surface area contributed by atoms with Gasteiger partial charge in [0.1, 0.15) is 6.10 Å². The monoisotopic (exact) mass is 434 g/mol. The maximum absolute atomic E-state index is 11.6. The number of aliphatic carboxylic acids is 1. The number of ether oxygens (including phenoxy) is 1. The molecule has 10 atom stereocenters. The van der Waals surface area contributed by atoms with Gasteiger partial charge in [0.25, 0.3) is 0 Å². The molecule has 2 N–H and O–H groups in total. The molecule has 0 aromatic heterocycles. The van der Waals surface area contributed by atoms with Crippen molar-refractivity contribution in [3.63, 3.8) is 0 Å². The van der Waals surface area contributed by atoms with Crippen molar-refractivity contribution < 1.29 is 24.5 Å². The number of carboxylic acids is 1. The van der Waals surface area contributed by atoms with Gasteiger partial charge in [-0.3, -0.25) is 9.59 Å². The second-order valence-electron chi connectivity index (χ2n) is 11.9. The van der Waals surface area contributed by atoms with E-state index in [1.54, 1.807) is 0 Å². The summed E-state index contributed by atoms with van der Waals surface area (Å²) in [5.41, 5.74) is 0.145. The Balaban J connectivity index is 1.52. The van der Waals surface area contributed by atoms with E-state index in [-0.39, 0.29) is 35.4 Å². The van der Waals surface area contributed by atoms with Gasteiger partial charge in [-0.1, -0.05) is 20.8 Å². The van der Waals surface area contributed by atoms with E-state index in [0.29, 0.717) is 41.9 Å². The van der Waals surface area contributed by atoms with Gasteiger partial charge in [0.05, 0.1) is 6.10 Å². The minimum absolute atomic E-state index is 0.0665. The standard InChI is InChI=1S/C26H42O5/c1-15(5-10-24(29)30)20-8-9-21-19-7-6-17-13-18(31-16(2)27)11-12-25(17,3)22(19)14-23(28)26(20,21)4/h15,17-23,28H,5-14H2,1-4H3,(H,29,30)/t15-,17?,18-,19+,20-,21+,22+,23+,25+,26-/m1/s1. The summed E-state index contributed by atoms with van der Waals surface area (Å²) in [6, 6.07) is 0. The largest absolute Gasteiger partial charge is 0.481 e. The van der Waals surface area contributed by atoms with Crippen LogP contribution < -0.4 is 0 Å². The van der Waals surface area contributed by atoms with Crippen molar-refractivity contribution in [2.45, 2.75) is 104 Å². The van der Waals surface area contributed by atoms with Crippen LogP contribution in [0, 0.1) is 46.3 Å². The summed E-state index contributed by atoms with van der Waals surface area (Å²) in [5.74, 6) is 2.20. The Kier molecular flexibility index (Phi) is 6.22. The van der Waals surface area contributed by atoms with E-state index in [1.165, 1.54) is 26.2 Å². The first-order chi connectivity index (χ1) is 14.6. The fourth-order valence-electron chi connectivity index (χ4n) is 9.04. The molecule has 31 heavy (non-hydrogen) atoms. The number of rotatable bonds is 5. The van der Waals surface area contributed by atoms with Crippen molar-refractivity contribution in [2.24, 2.45) is 46.3 Å². The zero-order valence-corrected chi connectivity index (χ0v) is 19.8. The molecular weight excluding hydrogens is 392 g/mol. The average Bonchev–Trinajstić information content (AvgIpc) is 3.06. The highest BCUT2D eigenvalue weighted by atomic mass is 16.5. The van der Waals surface area contributed by atoms with Crippen molar-refractivity contribution in [3.8, 4) is 0 Å². The van der Waals surface area contributed by atoms with E-state index < -0.39 is 5.97 Å². The summed E-state index contributed by atoms with van der Waals surface area (Å²) < 4.78 is 5.58. The third kappa shape index (κ3) is 3.83. The molecular formula is C26H42O5. The second kappa shape index (κ2) is 8.35. The first kappa shape index (κ1) is 23.1. The Labute approximate surface area is 187 Å². The normalized spacial score (nSPS) is 47.6. The van der Waals surface area contributed by atoms with Gasteiger partial charge in [0.2, 0.25) is 0 Å². The molecule has 0 aromatic rings. The Bertz CT molecular complexity index is 706. The fraction of sp³-hybridized carbons (Fsp3) is 0.923. The van der Waals surface area contributed by atoms with Crippen LogP contribution in [0.4, 0.5) is 0 Å². The Morgan fingerprint density at radius 3 is 2.48 bits per heavy atom. The van der Waals surface area contributed by atoms with Crippen LogP contribution in [0.25, 0.3) is 0 Å². The summed E-state index contributed by atoms with van der Waals surface area (Å²) in [4.78, 5) is 22.6. The zero-order chi connectivity index (χ0) is 22.6. The van der Waals surface area contributed by atoms with Crippen LogP contribution in [0.1, 0.15) is 91.9 Å². The number of esters is 1. The number of carbonyl (C=O) groups excluding carboxylic acids is 1. The lowest BCUT2D eigenvalue weighted by molar-refractivity contribution is -0.181. The molecule has 0 saturated heterocycles. The number of carbonyl (C=O) groups is 2. The highest BCUT2D eigenvalue weighted by Gasteiger charge is 2.63. The summed E-state index contributed by atoms with van der Waals surface area (Å²) >= 11 is 0. The molecule has 4 aliphatic rings. The van der Waals surface area contributed by atoms with Gasteiger partial charge in [0.15, 0.2) is 0 Å². The van der Waals surface area contributed by atoms with E-state index >= 15 is 0 Å². The predicted octanol–water partition coefficient (Wildman–Crippen LogP) is 5.05. The molecule has 4 aliphatic carbocycles. The lowest BCUT2D eigenvalue weighted by Gasteiger charge is -2.62. The average molecular weight is 435 g/mol. The van der Waals surface area contributed by atoms with Crippen LogP contribution >= 0.6 is 0 Å². The topological polar surface area (TPSA) is 83.8 Å². The maximum Gasteiger partial charge on any atom is 0.303 e. The number of carboxylic acid groups (broad SMARTS) is 1. The van der Waals surface area contributed by atoms with Gasteiger partial charge < -0.3 is 14.9 Å². The minimum atomic E-state index is -0.716. The molecule has 0 bridgehead atoms. The van der Waals surface area contributed by atoms with Crippen LogP contribution in [0.5, 0.6) is 0 Å². The SMILES string of the molecule is CC(=O)O[C@@H]1CC[C@@]2(C)C(CC[C@H]3[C@@H]4CC[C@H]([C@H](C)CCC(=O)O)[C@@]4(C)[C@@H](O)C[C@@H]32)C1. The van der Waals surface area contributed by atoms with E-state index in [0.717, 1.165) is 32.1 Å². The molecule has 0 aliphatic heterocycles. The van der Waals surface area contributed by atoms with E-state index in [9.17, 15) is 14.7 Å². The molecule has 0 radical (unpaired) electrons. The smallest absolute Gasteiger partial charge is 0.303 e. The maximum atomic E-state index is 11.6. The quantitative estimate of drug-likeness (QED) is 0.592. The second-order valence-corrected chi connectivity index (χ2v) is 11.9. The molecule has 0 aromatic carbocycles. The third-order valence-electron chi connectivity index (χ3n) is 10.6. The predicted molar refractivity (Wildman–Crippen MR) is 118 cm³/mol. The highest BCUT2D eigenvalue weighted by molar-refractivity contribution is 5.66. The summed E-state index contributed by atoms with van der Waals surface area (Å²) in [7, 11) is 0. The molecule has 5 heteroatoms. The van der Waals surface area contributed by atoms with Gasteiger partial charge in [-0.15, -0.1) is 0 Å². The van der Waals surface area contributed by atoms with Crippen molar-refractivity contribution in [1.82, 2.24) is 0 Å². The number of fused-ring (bicyclic) bond motifs is 5. The van der Waals surface area contributed by atoms with Crippen LogP contribution in [-0.2, 0) is 14.3 Å². The molecule has 0 spiro atoms. The van der Waals surface area contributed by atoms with Gasteiger partial charge in [-0.2, -0.15) is 0 Å². The molecule has 1 unspecified atom stereocenters. The first-order valence-electron chi connectivity index (χ1n) is 12.6. The summed E-state index contributed by atoms with van der Waals surface area (Å²) in [5, 5.41) is 20.7. The number of aliphatic hydroxyl groups excluding tert-OH is 1. The molecule has 0 amide bonds. The summed E-state index contributed by atoms with van der Waals surface area (Å²) in [6.45, 7) is 8.49. The molecule has 4 rings (SSSR count). The van der Waals surface area contributed by atoms with Crippen LogP contribution in [-0.4, -0.2) is 34.4 Å². The molecule has 0 heterocycles. The van der Waals surface area contributed by atoms with Crippen LogP contribution in [0.15, 0.2) is 0 Å². The lowest BCUT2D eigenvalue weighted by atomic mass is 9.43. The first-order valence-corrected chi connectivity index (χ1v) is 12.6. The van der Waals surface area contributed by atoms with Gasteiger partial charge in [-0.25, -0.2) is 0 Å². The third-order valence-corrected chi connectivity index (χ3v) is 10.6. The fourth-order valence-corrected chi connectivity index (χ4v) is 9.04. The van der Waals surface area contributed by atoms with Crippen molar-refractivity contribution >= 4 is 11.9 Å². The van der Waals surface area contributed by atoms with Crippen molar-refractivity contribution in [2.75, 3.05) is 0 Å². The lowest BCUT2D eigenvalue weighted by Crippen LogP contribution is -2.59. The molecule has 176 valence electrons. The number of aliphatic hydroxyl groups is 1. The van der Waals surface area contributed by atoms with E-state index in [2.05, 4.69) is 20.8 Å². The Morgan fingerprint density at radius 1 is 1.06 bits per heavy atom. The number of hydrogen-bond acceptors (Lipinski definition) is 4. The molecule has 4 fully saturated rings. The Morgan fingerprint density at radius 2 is 1.81 bits per heavy atom. The van der Waals surface area contributed by atoms with Gasteiger partial charge >= 0.3 is 11.9 Å². The number of hydrogen-bond donors (Lipinski definition) is 2. The van der Waals surface area contributed by atoms with Gasteiger partial charge in [0, 0.05) is 13.3 Å². The molecule has 4 saturated carbocycles. The van der Waals surface area contributed by atoms with Gasteiger partial charge in [-0.05, 0) is 104 Å². The van der Waals surface area contributed by atoms with Crippen LogP contribution in [0.2, 0.25) is 0 Å². The van der Waals surface area contributed by atoms with Crippen molar-refractivity contribution in [3.05, 3.63) is 0 Å². The Hall–Kier alpha value is -1.10. The highest BCUT2D eigenvalue weighted by Crippen LogP contribution is 2.68. The minimum Gasteiger partial charge on any atom is -0.481 e. The van der Waals surface area contributed by atoms with Crippen LogP contribution in [0.3, 0.4) is 0 Å². The zero-order valence-electron chi connectivity index (χ0n) is 19.8. The molecule has 5 nitrogen and oxygen atoms in total. The van der Waals surface area contributed by atoms with E-state index in [4.69, 9.17) is 9.84 Å². The van der Waals surface area contributed by atoms with Crippen molar-refractivity contribution in [1.29, 1.82) is 0 Å². The summed E-state index contributed by atoms with van der Waals surface area (Å²) in [6.07, 6.45) is 9.32.